The minimum absolute atomic E-state index is 0.159. The molecule has 0 amide bonds. The van der Waals surface area contributed by atoms with Crippen molar-refractivity contribution in [3.05, 3.63) is 23.8 Å². The van der Waals surface area contributed by atoms with Crippen LogP contribution in [0.1, 0.15) is 12.5 Å². The molecule has 0 aromatic heterocycles. The maximum Gasteiger partial charge on any atom is 0.318 e. The van der Waals surface area contributed by atoms with E-state index in [9.17, 15) is 9.00 Å². The fourth-order valence-electron chi connectivity index (χ4n) is 1.39. The van der Waals surface area contributed by atoms with Gasteiger partial charge in [0.2, 0.25) is 0 Å². The maximum atomic E-state index is 11.9. The number of hydrogen-bond acceptors (Lipinski definition) is 5. The summed E-state index contributed by atoms with van der Waals surface area (Å²) in [6.07, 6.45) is 0. The Balaban J connectivity index is 2.83. The topological polar surface area (TPSA) is 72.8 Å². The smallest absolute Gasteiger partial charge is 0.318 e. The predicted molar refractivity (Wildman–Crippen MR) is 66.8 cm³/mol. The van der Waals surface area contributed by atoms with Crippen LogP contribution < -0.4 is 4.74 Å². The van der Waals surface area contributed by atoms with E-state index in [-0.39, 0.29) is 19.0 Å². The summed E-state index contributed by atoms with van der Waals surface area (Å²) in [6, 6.07) is 4.78. The minimum atomic E-state index is -1.47. The fraction of sp³-hybridized carbons (Fsp3) is 0.417. The van der Waals surface area contributed by atoms with Crippen LogP contribution in [0.4, 0.5) is 0 Å². The van der Waals surface area contributed by atoms with Gasteiger partial charge in [0.1, 0.15) is 11.5 Å². The molecule has 6 heteroatoms. The number of aliphatic hydroxyl groups excluding tert-OH is 1. The highest BCUT2D eigenvalue weighted by molar-refractivity contribution is 7.85. The summed E-state index contributed by atoms with van der Waals surface area (Å²) in [5, 5.41) is 9.06. The third-order valence-electron chi connectivity index (χ3n) is 2.25. The Kier molecular flexibility index (Phi) is 5.80. The molecule has 1 aromatic rings. The van der Waals surface area contributed by atoms with Crippen LogP contribution in [0.2, 0.25) is 0 Å². The molecule has 100 valence electrons. The van der Waals surface area contributed by atoms with E-state index in [1.54, 1.807) is 25.1 Å². The van der Waals surface area contributed by atoms with Gasteiger partial charge >= 0.3 is 5.97 Å². The summed E-state index contributed by atoms with van der Waals surface area (Å²) in [6.45, 7) is 1.80. The third kappa shape index (κ3) is 3.82. The van der Waals surface area contributed by atoms with Crippen molar-refractivity contribution < 1.29 is 23.6 Å². The van der Waals surface area contributed by atoms with Crippen molar-refractivity contribution in [2.24, 2.45) is 0 Å². The van der Waals surface area contributed by atoms with Crippen LogP contribution >= 0.6 is 0 Å². The minimum Gasteiger partial charge on any atom is -0.496 e. The second-order valence-corrected chi connectivity index (χ2v) is 4.88. The standard InChI is InChI=1S/C12H16O5S/c1-3-17-12(14)8-18(15)10-5-4-9(7-13)11(6-10)16-2/h4-6,13H,3,7-8H2,1-2H3/t18-/m0/s1. The quantitative estimate of drug-likeness (QED) is 0.777. The average molecular weight is 272 g/mol. The molecule has 0 fully saturated rings. The molecule has 0 bridgehead atoms. The zero-order chi connectivity index (χ0) is 13.5. The average Bonchev–Trinajstić information content (AvgIpc) is 2.38. The van der Waals surface area contributed by atoms with Gasteiger partial charge < -0.3 is 14.6 Å². The number of ether oxygens (including phenoxy) is 2. The summed E-state index contributed by atoms with van der Waals surface area (Å²) in [5.41, 5.74) is 0.606. The highest BCUT2D eigenvalue weighted by atomic mass is 32.2. The van der Waals surface area contributed by atoms with Gasteiger partial charge in [0, 0.05) is 10.5 Å². The lowest BCUT2D eigenvalue weighted by molar-refractivity contribution is -0.139. The van der Waals surface area contributed by atoms with E-state index in [1.165, 1.54) is 7.11 Å². The van der Waals surface area contributed by atoms with Crippen molar-refractivity contribution in [2.75, 3.05) is 19.5 Å². The summed E-state index contributed by atoms with van der Waals surface area (Å²) < 4.78 is 21.7. The van der Waals surface area contributed by atoms with E-state index in [2.05, 4.69) is 0 Å². The number of benzene rings is 1. The number of rotatable bonds is 6. The van der Waals surface area contributed by atoms with Gasteiger partial charge in [-0.2, -0.15) is 0 Å². The van der Waals surface area contributed by atoms with Gasteiger partial charge in [0.05, 0.1) is 31.1 Å². The summed E-state index contributed by atoms with van der Waals surface area (Å²) >= 11 is 0. The molecule has 0 spiro atoms. The molecule has 18 heavy (non-hydrogen) atoms. The second kappa shape index (κ2) is 7.13. The predicted octanol–water partition coefficient (Wildman–Crippen LogP) is 0.858. The Morgan fingerprint density at radius 1 is 1.44 bits per heavy atom. The molecule has 1 rings (SSSR count). The lowest BCUT2D eigenvalue weighted by atomic mass is 10.2. The zero-order valence-electron chi connectivity index (χ0n) is 10.3. The molecule has 1 atom stereocenters. The molecule has 0 unspecified atom stereocenters. The number of carbonyl (C=O) groups excluding carboxylic acids is 1. The monoisotopic (exact) mass is 272 g/mol. The number of esters is 1. The molecular formula is C12H16O5S. The van der Waals surface area contributed by atoms with Crippen LogP contribution in [-0.4, -0.2) is 34.8 Å². The molecule has 1 aromatic carbocycles. The largest absolute Gasteiger partial charge is 0.496 e. The van der Waals surface area contributed by atoms with Crippen LogP contribution in [0.25, 0.3) is 0 Å². The van der Waals surface area contributed by atoms with Gasteiger partial charge in [0.25, 0.3) is 0 Å². The van der Waals surface area contributed by atoms with Gasteiger partial charge in [-0.25, -0.2) is 0 Å². The van der Waals surface area contributed by atoms with Crippen LogP contribution in [0.15, 0.2) is 23.1 Å². The fourth-order valence-corrected chi connectivity index (χ4v) is 2.31. The molecule has 0 saturated heterocycles. The Labute approximate surface area is 108 Å². The first-order chi connectivity index (χ1) is 8.62. The first-order valence-electron chi connectivity index (χ1n) is 5.44. The molecule has 0 saturated carbocycles. The molecular weight excluding hydrogens is 256 g/mol. The van der Waals surface area contributed by atoms with Gasteiger partial charge in [0.15, 0.2) is 0 Å². The first-order valence-corrected chi connectivity index (χ1v) is 6.76. The SMILES string of the molecule is CCOC(=O)C[S@](=O)c1ccc(CO)c(OC)c1. The van der Waals surface area contributed by atoms with Gasteiger partial charge in [-0.15, -0.1) is 0 Å². The number of aliphatic hydroxyl groups is 1. The summed E-state index contributed by atoms with van der Waals surface area (Å²) in [4.78, 5) is 11.7. The van der Waals surface area contributed by atoms with Crippen molar-refractivity contribution in [1.29, 1.82) is 0 Å². The summed E-state index contributed by atoms with van der Waals surface area (Å²) in [7, 11) is -0.00847. The zero-order valence-corrected chi connectivity index (χ0v) is 11.2. The van der Waals surface area contributed by atoms with E-state index < -0.39 is 16.8 Å². The van der Waals surface area contributed by atoms with E-state index in [1.807, 2.05) is 0 Å². The van der Waals surface area contributed by atoms with Crippen LogP contribution in [0.5, 0.6) is 5.75 Å². The highest BCUT2D eigenvalue weighted by Crippen LogP contribution is 2.22. The van der Waals surface area contributed by atoms with Crippen molar-refractivity contribution in [1.82, 2.24) is 0 Å². The molecule has 0 aliphatic carbocycles. The molecule has 1 N–H and O–H groups in total. The molecule has 0 aliphatic rings. The van der Waals surface area contributed by atoms with E-state index in [0.29, 0.717) is 16.2 Å². The number of carbonyl (C=O) groups is 1. The van der Waals surface area contributed by atoms with Crippen LogP contribution in [0, 0.1) is 0 Å². The van der Waals surface area contributed by atoms with Crippen LogP contribution in [-0.2, 0) is 26.9 Å². The van der Waals surface area contributed by atoms with E-state index in [4.69, 9.17) is 14.6 Å². The molecule has 0 aliphatic heterocycles. The lowest BCUT2D eigenvalue weighted by Gasteiger charge is -2.08. The summed E-state index contributed by atoms with van der Waals surface area (Å²) in [5.74, 6) is -0.233. The van der Waals surface area contributed by atoms with Gasteiger partial charge in [-0.1, -0.05) is 6.07 Å². The number of hydrogen-bond donors (Lipinski definition) is 1. The maximum absolute atomic E-state index is 11.9. The van der Waals surface area contributed by atoms with E-state index in [0.717, 1.165) is 0 Å². The Bertz CT molecular complexity index is 444. The third-order valence-corrected chi connectivity index (χ3v) is 3.52. The Morgan fingerprint density at radius 2 is 2.17 bits per heavy atom. The highest BCUT2D eigenvalue weighted by Gasteiger charge is 2.13. The van der Waals surface area contributed by atoms with Gasteiger partial charge in [-0.05, 0) is 19.1 Å². The van der Waals surface area contributed by atoms with Crippen molar-refractivity contribution in [2.45, 2.75) is 18.4 Å². The van der Waals surface area contributed by atoms with E-state index >= 15 is 0 Å². The lowest BCUT2D eigenvalue weighted by Crippen LogP contribution is -2.14. The molecule has 5 nitrogen and oxygen atoms in total. The molecule has 0 radical (unpaired) electrons. The first kappa shape index (κ1) is 14.7. The van der Waals surface area contributed by atoms with Crippen LogP contribution in [0.3, 0.4) is 0 Å². The van der Waals surface area contributed by atoms with Crippen molar-refractivity contribution in [3.63, 3.8) is 0 Å². The Morgan fingerprint density at radius 3 is 2.72 bits per heavy atom. The van der Waals surface area contributed by atoms with Crippen molar-refractivity contribution >= 4 is 16.8 Å². The molecule has 0 heterocycles. The number of methoxy groups -OCH3 is 1. The normalized spacial score (nSPS) is 11.9. The second-order valence-electron chi connectivity index (χ2n) is 3.43. The Hall–Kier alpha value is -1.40. The van der Waals surface area contributed by atoms with Gasteiger partial charge in [-0.3, -0.25) is 9.00 Å². The van der Waals surface area contributed by atoms with Crippen molar-refractivity contribution in [3.8, 4) is 5.75 Å².